The normalized spacial score (nSPS) is 15.1. The molecule has 5 heteroatoms. The number of rotatable bonds is 4. The fourth-order valence-electron chi connectivity index (χ4n) is 1.12. The van der Waals surface area contributed by atoms with Crippen molar-refractivity contribution in [3.8, 4) is 0 Å². The van der Waals surface area contributed by atoms with E-state index >= 15 is 0 Å². The molecule has 1 aromatic rings. The van der Waals surface area contributed by atoms with Gasteiger partial charge in [0.05, 0.1) is 21.5 Å². The molecule has 0 unspecified atom stereocenters. The van der Waals surface area contributed by atoms with Crippen LogP contribution in [-0.2, 0) is 16.6 Å². The Morgan fingerprint density at radius 1 is 1.38 bits per heavy atom. The third-order valence-corrected chi connectivity index (χ3v) is 4.98. The summed E-state index contributed by atoms with van der Waals surface area (Å²) in [6.07, 6.45) is 1.53. The zero-order chi connectivity index (χ0) is 12.3. The zero-order valence-electron chi connectivity index (χ0n) is 9.54. The molecule has 90 valence electrons. The van der Waals surface area contributed by atoms with Crippen LogP contribution in [0.2, 0.25) is 10.0 Å². The van der Waals surface area contributed by atoms with Crippen LogP contribution in [0, 0.1) is 5.92 Å². The van der Waals surface area contributed by atoms with E-state index in [9.17, 15) is 4.21 Å². The van der Waals surface area contributed by atoms with E-state index in [4.69, 9.17) is 23.2 Å². The predicted octanol–water partition coefficient (Wildman–Crippen LogP) is 3.68. The second-order valence-corrected chi connectivity index (χ2v) is 6.69. The van der Waals surface area contributed by atoms with Crippen LogP contribution in [-0.4, -0.2) is 14.4 Å². The topological polar surface area (TPSA) is 30.0 Å². The predicted molar refractivity (Wildman–Crippen MR) is 70.4 cm³/mol. The lowest BCUT2D eigenvalue weighted by Crippen LogP contribution is -2.19. The van der Waals surface area contributed by atoms with Crippen molar-refractivity contribution in [3.63, 3.8) is 0 Å². The summed E-state index contributed by atoms with van der Waals surface area (Å²) in [6.45, 7) is 6.09. The van der Waals surface area contributed by atoms with Gasteiger partial charge < -0.3 is 0 Å². The summed E-state index contributed by atoms with van der Waals surface area (Å²) in [5.74, 6) is 0.766. The van der Waals surface area contributed by atoms with Gasteiger partial charge in [-0.1, -0.05) is 44.0 Å². The maximum atomic E-state index is 12.0. The number of hydrogen-bond donors (Lipinski definition) is 0. The first-order chi connectivity index (χ1) is 7.41. The lowest BCUT2D eigenvalue weighted by molar-refractivity contribution is 0.604. The summed E-state index contributed by atoms with van der Waals surface area (Å²) in [5, 5.41) is 1.11. The Bertz CT molecular complexity index is 396. The van der Waals surface area contributed by atoms with E-state index in [-0.39, 0.29) is 5.25 Å². The van der Waals surface area contributed by atoms with Crippen molar-refractivity contribution < 1.29 is 4.21 Å². The first-order valence-corrected chi connectivity index (χ1v) is 7.22. The Kier molecular flexibility index (Phi) is 5.22. The molecule has 0 fully saturated rings. The fraction of sp³-hybridized carbons (Fsp3) is 0.545. The minimum absolute atomic E-state index is 0.133. The average molecular weight is 280 g/mol. The van der Waals surface area contributed by atoms with E-state index in [1.165, 1.54) is 6.20 Å². The van der Waals surface area contributed by atoms with Gasteiger partial charge >= 0.3 is 0 Å². The molecule has 0 spiro atoms. The molecule has 0 aliphatic heterocycles. The smallest absolute Gasteiger partial charge is 0.0715 e. The van der Waals surface area contributed by atoms with Gasteiger partial charge in [-0.15, -0.1) is 0 Å². The number of halogens is 2. The second kappa shape index (κ2) is 5.99. The molecule has 1 rings (SSSR count). The summed E-state index contributed by atoms with van der Waals surface area (Å²) < 4.78 is 12.0. The maximum Gasteiger partial charge on any atom is 0.0715 e. The molecular formula is C11H15Cl2NOS. The molecule has 0 aromatic carbocycles. The molecule has 0 radical (unpaired) electrons. The number of aromatic nitrogens is 1. The van der Waals surface area contributed by atoms with Gasteiger partial charge in [-0.25, -0.2) is 0 Å². The van der Waals surface area contributed by atoms with Crippen molar-refractivity contribution in [2.45, 2.75) is 31.8 Å². The molecule has 2 nitrogen and oxygen atoms in total. The van der Waals surface area contributed by atoms with Gasteiger partial charge in [0.1, 0.15) is 0 Å². The van der Waals surface area contributed by atoms with Crippen LogP contribution in [0.1, 0.15) is 26.5 Å². The first kappa shape index (κ1) is 13.9. The monoisotopic (exact) mass is 279 g/mol. The molecule has 1 aromatic heterocycles. The minimum atomic E-state index is -0.953. The van der Waals surface area contributed by atoms with Crippen molar-refractivity contribution in [3.05, 3.63) is 28.0 Å². The highest BCUT2D eigenvalue weighted by Crippen LogP contribution is 2.21. The SMILES string of the molecule is CC(C)[C@@H](C)[S@@](=O)Cc1ncc(Cl)cc1Cl. The van der Waals surface area contributed by atoms with Crippen LogP contribution in [0.25, 0.3) is 0 Å². The standard InChI is InChI=1S/C11H15Cl2NOS/c1-7(2)8(3)16(15)6-11-10(13)4-9(12)5-14-11/h4-5,7-8H,6H2,1-3H3/t8-,16+/m1/s1. The van der Waals surface area contributed by atoms with Gasteiger partial charge in [0, 0.05) is 22.2 Å². The van der Waals surface area contributed by atoms with E-state index in [1.54, 1.807) is 6.07 Å². The zero-order valence-corrected chi connectivity index (χ0v) is 11.9. The molecule has 0 bridgehead atoms. The van der Waals surface area contributed by atoms with Gasteiger partial charge in [-0.3, -0.25) is 9.19 Å². The Morgan fingerprint density at radius 2 is 2.00 bits per heavy atom. The van der Waals surface area contributed by atoms with Gasteiger partial charge in [0.15, 0.2) is 0 Å². The average Bonchev–Trinajstić information content (AvgIpc) is 2.20. The van der Waals surface area contributed by atoms with Crippen molar-refractivity contribution >= 4 is 34.0 Å². The van der Waals surface area contributed by atoms with Crippen LogP contribution in [0.3, 0.4) is 0 Å². The van der Waals surface area contributed by atoms with Crippen LogP contribution in [0.15, 0.2) is 12.3 Å². The molecule has 1 heterocycles. The van der Waals surface area contributed by atoms with Crippen molar-refractivity contribution in [1.29, 1.82) is 0 Å². The van der Waals surface area contributed by atoms with E-state index < -0.39 is 10.8 Å². The van der Waals surface area contributed by atoms with Gasteiger partial charge in [0.25, 0.3) is 0 Å². The lowest BCUT2D eigenvalue weighted by atomic mass is 10.2. The molecule has 16 heavy (non-hydrogen) atoms. The molecule has 0 saturated carbocycles. The fourth-order valence-corrected chi connectivity index (χ4v) is 3.01. The largest absolute Gasteiger partial charge is 0.259 e. The number of pyridine rings is 1. The Hall–Kier alpha value is -0.120. The molecule has 0 N–H and O–H groups in total. The highest BCUT2D eigenvalue weighted by atomic mass is 35.5. The van der Waals surface area contributed by atoms with Crippen molar-refractivity contribution in [1.82, 2.24) is 4.98 Å². The number of hydrogen-bond acceptors (Lipinski definition) is 2. The van der Waals surface area contributed by atoms with Crippen LogP contribution in [0.4, 0.5) is 0 Å². The van der Waals surface area contributed by atoms with E-state index in [1.807, 2.05) is 6.92 Å². The first-order valence-electron chi connectivity index (χ1n) is 5.09. The number of nitrogens with zero attached hydrogens (tertiary/aromatic N) is 1. The highest BCUT2D eigenvalue weighted by Gasteiger charge is 2.17. The Labute approximate surface area is 109 Å². The summed E-state index contributed by atoms with van der Waals surface area (Å²) in [7, 11) is -0.953. The molecule has 0 aliphatic rings. The van der Waals surface area contributed by atoms with Crippen LogP contribution < -0.4 is 0 Å². The van der Waals surface area contributed by atoms with Crippen LogP contribution >= 0.6 is 23.2 Å². The third kappa shape index (κ3) is 3.72. The minimum Gasteiger partial charge on any atom is -0.259 e. The van der Waals surface area contributed by atoms with E-state index in [0.717, 1.165) is 0 Å². The quantitative estimate of drug-likeness (QED) is 0.842. The summed E-state index contributed by atoms with van der Waals surface area (Å²) in [6, 6.07) is 1.63. The summed E-state index contributed by atoms with van der Waals surface area (Å²) >= 11 is 11.7. The Balaban J connectivity index is 2.77. The molecule has 0 aliphatic carbocycles. The van der Waals surface area contributed by atoms with Gasteiger partial charge in [-0.2, -0.15) is 0 Å². The molecule has 2 atom stereocenters. The van der Waals surface area contributed by atoms with Gasteiger partial charge in [-0.05, 0) is 12.0 Å². The molecule has 0 amide bonds. The Morgan fingerprint density at radius 3 is 2.50 bits per heavy atom. The summed E-state index contributed by atoms with van der Waals surface area (Å²) in [4.78, 5) is 4.10. The maximum absolute atomic E-state index is 12.0. The van der Waals surface area contributed by atoms with Crippen molar-refractivity contribution in [2.75, 3.05) is 0 Å². The van der Waals surface area contributed by atoms with Crippen molar-refractivity contribution in [2.24, 2.45) is 5.92 Å². The summed E-state index contributed by atoms with van der Waals surface area (Å²) in [5.41, 5.74) is 0.650. The second-order valence-electron chi connectivity index (χ2n) is 4.06. The lowest BCUT2D eigenvalue weighted by Gasteiger charge is -2.15. The highest BCUT2D eigenvalue weighted by molar-refractivity contribution is 7.84. The molecule has 0 saturated heterocycles. The molecular weight excluding hydrogens is 265 g/mol. The van der Waals surface area contributed by atoms with Gasteiger partial charge in [0.2, 0.25) is 0 Å². The third-order valence-electron chi connectivity index (χ3n) is 2.52. The van der Waals surface area contributed by atoms with Crippen LogP contribution in [0.5, 0.6) is 0 Å². The van der Waals surface area contributed by atoms with E-state index in [2.05, 4.69) is 18.8 Å². The van der Waals surface area contributed by atoms with E-state index in [0.29, 0.717) is 27.4 Å².